The normalized spacial score (nSPS) is 11.8. The fraction of sp³-hybridized carbons (Fsp3) is 0.455. The Morgan fingerprint density at radius 2 is 1.76 bits per heavy atom. The number of hydrogen-bond donors (Lipinski definition) is 2. The van der Waals surface area contributed by atoms with Crippen LogP contribution in [0.25, 0.3) is 0 Å². The van der Waals surface area contributed by atoms with E-state index in [-0.39, 0.29) is 4.90 Å². The van der Waals surface area contributed by atoms with Crippen LogP contribution >= 0.6 is 0 Å². The molecule has 0 heterocycles. The molecule has 1 aromatic rings. The van der Waals surface area contributed by atoms with Crippen molar-refractivity contribution >= 4 is 15.7 Å². The van der Waals surface area contributed by atoms with Crippen molar-refractivity contribution in [2.45, 2.75) is 24.8 Å². The van der Waals surface area contributed by atoms with Gasteiger partial charge in [0.1, 0.15) is 0 Å². The van der Waals surface area contributed by atoms with Gasteiger partial charge in [-0.2, -0.15) is 0 Å². The summed E-state index contributed by atoms with van der Waals surface area (Å²) < 4.78 is 22.2. The molecule has 6 heteroatoms. The number of nitrogens with two attached hydrogens (primary N) is 2. The Balaban J connectivity index is 3.00. The Morgan fingerprint density at radius 3 is 2.12 bits per heavy atom. The van der Waals surface area contributed by atoms with Crippen LogP contribution in [-0.4, -0.2) is 27.5 Å². The van der Waals surface area contributed by atoms with Crippen molar-refractivity contribution in [1.29, 1.82) is 0 Å². The Bertz CT molecular complexity index is 454. The summed E-state index contributed by atoms with van der Waals surface area (Å²) in [6.45, 7) is 5.40. The first-order chi connectivity index (χ1) is 7.86. The van der Waals surface area contributed by atoms with Gasteiger partial charge in [0.25, 0.3) is 0 Å². The van der Waals surface area contributed by atoms with Crippen LogP contribution in [-0.2, 0) is 10.0 Å². The van der Waals surface area contributed by atoms with E-state index in [1.165, 1.54) is 12.1 Å². The van der Waals surface area contributed by atoms with E-state index < -0.39 is 10.0 Å². The molecule has 0 atom stereocenters. The van der Waals surface area contributed by atoms with Crippen molar-refractivity contribution in [3.05, 3.63) is 24.3 Å². The van der Waals surface area contributed by atoms with Crippen LogP contribution in [0.4, 0.5) is 5.69 Å². The molecule has 0 fully saturated rings. The molecule has 0 aliphatic carbocycles. The van der Waals surface area contributed by atoms with E-state index in [1.54, 1.807) is 12.1 Å². The van der Waals surface area contributed by atoms with Crippen molar-refractivity contribution in [2.75, 3.05) is 18.0 Å². The lowest BCUT2D eigenvalue weighted by atomic mass is 10.2. The standard InChI is InChI=1S/C11H19N3O2S/c1-9(2)14(8-7-12)10-3-5-11(6-4-10)17(13,15)16/h3-6,9H,7-8,12H2,1-2H3,(H2,13,15,16). The molecule has 1 rings (SSSR count). The summed E-state index contributed by atoms with van der Waals surface area (Å²) in [7, 11) is -3.62. The fourth-order valence-corrected chi connectivity index (χ4v) is 2.17. The number of anilines is 1. The molecular weight excluding hydrogens is 238 g/mol. The predicted octanol–water partition coefficient (Wildman–Crippen LogP) is 0.508. The van der Waals surface area contributed by atoms with E-state index in [4.69, 9.17) is 10.9 Å². The zero-order valence-electron chi connectivity index (χ0n) is 10.1. The highest BCUT2D eigenvalue weighted by atomic mass is 32.2. The molecule has 0 aliphatic rings. The average molecular weight is 257 g/mol. The second-order valence-corrected chi connectivity index (χ2v) is 5.68. The van der Waals surface area contributed by atoms with Gasteiger partial charge in [0.2, 0.25) is 10.0 Å². The number of rotatable bonds is 5. The first-order valence-corrected chi connectivity index (χ1v) is 7.00. The third kappa shape index (κ3) is 3.69. The third-order valence-electron chi connectivity index (χ3n) is 2.49. The highest BCUT2D eigenvalue weighted by molar-refractivity contribution is 7.89. The quantitative estimate of drug-likeness (QED) is 0.804. The molecule has 0 spiro atoms. The number of hydrogen-bond acceptors (Lipinski definition) is 4. The molecule has 96 valence electrons. The van der Waals surface area contributed by atoms with Gasteiger partial charge in [0.15, 0.2) is 0 Å². The fourth-order valence-electron chi connectivity index (χ4n) is 1.65. The monoisotopic (exact) mass is 257 g/mol. The molecule has 0 aromatic heterocycles. The maximum atomic E-state index is 11.1. The summed E-state index contributed by atoms with van der Waals surface area (Å²) in [6, 6.07) is 6.82. The lowest BCUT2D eigenvalue weighted by Crippen LogP contribution is -2.35. The minimum absolute atomic E-state index is 0.123. The van der Waals surface area contributed by atoms with Gasteiger partial charge in [0, 0.05) is 24.8 Å². The summed E-state index contributed by atoms with van der Waals surface area (Å²) in [4.78, 5) is 2.23. The van der Waals surface area contributed by atoms with Crippen molar-refractivity contribution in [1.82, 2.24) is 0 Å². The molecule has 0 saturated carbocycles. The smallest absolute Gasteiger partial charge is 0.238 e. The Kier molecular flexibility index (Phi) is 4.50. The lowest BCUT2D eigenvalue weighted by molar-refractivity contribution is 0.597. The highest BCUT2D eigenvalue weighted by Gasteiger charge is 2.11. The zero-order valence-corrected chi connectivity index (χ0v) is 10.9. The summed E-state index contributed by atoms with van der Waals surface area (Å²) >= 11 is 0. The topological polar surface area (TPSA) is 89.4 Å². The van der Waals surface area contributed by atoms with Gasteiger partial charge in [-0.05, 0) is 38.1 Å². The Hall–Kier alpha value is -1.11. The van der Waals surface area contributed by atoms with Crippen molar-refractivity contribution in [2.24, 2.45) is 10.9 Å². The summed E-state index contributed by atoms with van der Waals surface area (Å²) in [6.07, 6.45) is 0. The highest BCUT2D eigenvalue weighted by Crippen LogP contribution is 2.19. The van der Waals surface area contributed by atoms with Gasteiger partial charge >= 0.3 is 0 Å². The summed E-state index contributed by atoms with van der Waals surface area (Å²) in [5, 5.41) is 5.04. The van der Waals surface area contributed by atoms with Gasteiger partial charge in [0.05, 0.1) is 4.90 Å². The molecule has 0 radical (unpaired) electrons. The first-order valence-electron chi connectivity index (χ1n) is 5.46. The summed E-state index contributed by atoms with van der Waals surface area (Å²) in [5.41, 5.74) is 6.49. The molecule has 0 unspecified atom stereocenters. The molecular formula is C11H19N3O2S. The first kappa shape index (κ1) is 14.0. The zero-order chi connectivity index (χ0) is 13.1. The number of primary sulfonamides is 1. The van der Waals surface area contributed by atoms with Crippen LogP contribution in [0.1, 0.15) is 13.8 Å². The molecule has 17 heavy (non-hydrogen) atoms. The number of sulfonamides is 1. The van der Waals surface area contributed by atoms with E-state index in [0.29, 0.717) is 12.6 Å². The van der Waals surface area contributed by atoms with Crippen LogP contribution in [0, 0.1) is 0 Å². The van der Waals surface area contributed by atoms with Crippen LogP contribution < -0.4 is 15.8 Å². The summed E-state index contributed by atoms with van der Waals surface area (Å²) in [5.74, 6) is 0. The van der Waals surface area contributed by atoms with E-state index in [0.717, 1.165) is 12.2 Å². The van der Waals surface area contributed by atoms with Crippen molar-refractivity contribution < 1.29 is 8.42 Å². The van der Waals surface area contributed by atoms with E-state index >= 15 is 0 Å². The molecule has 0 bridgehead atoms. The van der Waals surface area contributed by atoms with E-state index in [9.17, 15) is 8.42 Å². The Labute approximate surface area is 102 Å². The van der Waals surface area contributed by atoms with Crippen molar-refractivity contribution in [3.8, 4) is 0 Å². The molecule has 0 aliphatic heterocycles. The van der Waals surface area contributed by atoms with Crippen LogP contribution in [0.15, 0.2) is 29.2 Å². The predicted molar refractivity (Wildman–Crippen MR) is 69.4 cm³/mol. The van der Waals surface area contributed by atoms with Gasteiger partial charge < -0.3 is 10.6 Å². The molecule has 0 amide bonds. The van der Waals surface area contributed by atoms with Crippen molar-refractivity contribution in [3.63, 3.8) is 0 Å². The van der Waals surface area contributed by atoms with E-state index in [1.807, 2.05) is 0 Å². The van der Waals surface area contributed by atoms with Gasteiger partial charge in [-0.1, -0.05) is 0 Å². The van der Waals surface area contributed by atoms with Crippen LogP contribution in [0.3, 0.4) is 0 Å². The molecule has 4 N–H and O–H groups in total. The van der Waals surface area contributed by atoms with Gasteiger partial charge in [-0.3, -0.25) is 0 Å². The lowest BCUT2D eigenvalue weighted by Gasteiger charge is -2.28. The number of nitrogens with zero attached hydrogens (tertiary/aromatic N) is 1. The second-order valence-electron chi connectivity index (χ2n) is 4.11. The van der Waals surface area contributed by atoms with Crippen LogP contribution in [0.2, 0.25) is 0 Å². The number of benzene rings is 1. The largest absolute Gasteiger partial charge is 0.368 e. The molecule has 1 aromatic carbocycles. The Morgan fingerprint density at radius 1 is 1.24 bits per heavy atom. The minimum Gasteiger partial charge on any atom is -0.368 e. The maximum Gasteiger partial charge on any atom is 0.238 e. The molecule has 0 saturated heterocycles. The van der Waals surface area contributed by atoms with Gasteiger partial charge in [-0.15, -0.1) is 0 Å². The average Bonchev–Trinajstić information content (AvgIpc) is 2.24. The maximum absolute atomic E-state index is 11.1. The molecule has 5 nitrogen and oxygen atoms in total. The second kappa shape index (κ2) is 5.48. The third-order valence-corrected chi connectivity index (χ3v) is 3.42. The van der Waals surface area contributed by atoms with E-state index in [2.05, 4.69) is 18.7 Å². The van der Waals surface area contributed by atoms with Crippen LogP contribution in [0.5, 0.6) is 0 Å². The minimum atomic E-state index is -3.62. The SMILES string of the molecule is CC(C)N(CCN)c1ccc(S(N)(=O)=O)cc1. The van der Waals surface area contributed by atoms with Gasteiger partial charge in [-0.25, -0.2) is 13.6 Å².